The zero-order chi connectivity index (χ0) is 11.2. The first-order valence-corrected chi connectivity index (χ1v) is 4.97. The van der Waals surface area contributed by atoms with Crippen LogP contribution in [0.1, 0.15) is 43.8 Å². The molecule has 1 aromatic rings. The van der Waals surface area contributed by atoms with Gasteiger partial charge in [-0.2, -0.15) is 13.9 Å². The van der Waals surface area contributed by atoms with E-state index in [1.807, 2.05) is 13.8 Å². The van der Waals surface area contributed by atoms with Gasteiger partial charge in [-0.05, 0) is 13.8 Å². The summed E-state index contributed by atoms with van der Waals surface area (Å²) in [7, 11) is 0. The van der Waals surface area contributed by atoms with E-state index in [4.69, 9.17) is 4.74 Å². The van der Waals surface area contributed by atoms with Gasteiger partial charge in [0.2, 0.25) is 0 Å². The lowest BCUT2D eigenvalue weighted by atomic mass is 10.1. The highest BCUT2D eigenvalue weighted by atomic mass is 19.3. The molecule has 0 amide bonds. The average Bonchev–Trinajstić information content (AvgIpc) is 2.57. The molecule has 2 heterocycles. The lowest BCUT2D eigenvalue weighted by Gasteiger charge is -2.10. The van der Waals surface area contributed by atoms with Crippen LogP contribution in [0.25, 0.3) is 0 Å². The molecular weight excluding hydrogens is 202 g/mol. The molecule has 84 valence electrons. The molecule has 0 aliphatic carbocycles. The van der Waals surface area contributed by atoms with E-state index >= 15 is 0 Å². The molecule has 0 radical (unpaired) electrons. The molecule has 0 unspecified atom stereocenters. The number of ether oxygens (including phenoxy) is 1. The highest BCUT2D eigenvalue weighted by molar-refractivity contribution is 5.30. The third-order valence-corrected chi connectivity index (χ3v) is 2.51. The van der Waals surface area contributed by atoms with Crippen molar-refractivity contribution in [3.63, 3.8) is 0 Å². The fraction of sp³-hybridized carbons (Fsp3) is 0.700. The van der Waals surface area contributed by atoms with Crippen molar-refractivity contribution in [1.82, 2.24) is 9.78 Å². The summed E-state index contributed by atoms with van der Waals surface area (Å²) in [5.41, 5.74) is 1.22. The van der Waals surface area contributed by atoms with Gasteiger partial charge in [-0.15, -0.1) is 0 Å². The first kappa shape index (κ1) is 10.5. The van der Waals surface area contributed by atoms with E-state index in [2.05, 4.69) is 5.10 Å². The Kier molecular flexibility index (Phi) is 2.30. The molecule has 0 fully saturated rings. The Morgan fingerprint density at radius 3 is 2.60 bits per heavy atom. The van der Waals surface area contributed by atoms with Crippen molar-refractivity contribution in [3.8, 4) is 0 Å². The van der Waals surface area contributed by atoms with Crippen LogP contribution in [0.2, 0.25) is 0 Å². The SMILES string of the molecule is CC(C)n1nc(C(C)(F)F)c2c1COC2. The summed E-state index contributed by atoms with van der Waals surface area (Å²) >= 11 is 0. The van der Waals surface area contributed by atoms with Crippen molar-refractivity contribution in [2.75, 3.05) is 0 Å². The van der Waals surface area contributed by atoms with Gasteiger partial charge < -0.3 is 4.74 Å². The van der Waals surface area contributed by atoms with Gasteiger partial charge in [0, 0.05) is 18.5 Å². The summed E-state index contributed by atoms with van der Waals surface area (Å²) in [5.74, 6) is -2.89. The Labute approximate surface area is 87.0 Å². The fourth-order valence-electron chi connectivity index (χ4n) is 1.84. The van der Waals surface area contributed by atoms with E-state index in [0.717, 1.165) is 12.6 Å². The van der Waals surface area contributed by atoms with Crippen LogP contribution >= 0.6 is 0 Å². The molecule has 0 aromatic carbocycles. The molecule has 3 nitrogen and oxygen atoms in total. The Bertz CT molecular complexity index is 380. The molecule has 0 N–H and O–H groups in total. The summed E-state index contributed by atoms with van der Waals surface area (Å²) in [6.45, 7) is 5.35. The maximum atomic E-state index is 13.3. The Hall–Kier alpha value is -0.970. The predicted octanol–water partition coefficient (Wildman–Crippen LogP) is 2.61. The van der Waals surface area contributed by atoms with Crippen LogP contribution < -0.4 is 0 Å². The standard InChI is InChI=1S/C10H14F2N2O/c1-6(2)14-8-5-15-4-7(8)9(13-14)10(3,11)12/h6H,4-5H2,1-3H3. The van der Waals surface area contributed by atoms with Crippen LogP contribution in [-0.2, 0) is 23.9 Å². The number of aromatic nitrogens is 2. The molecule has 0 saturated heterocycles. The van der Waals surface area contributed by atoms with E-state index in [0.29, 0.717) is 12.2 Å². The Morgan fingerprint density at radius 2 is 2.07 bits per heavy atom. The second-order valence-electron chi connectivity index (χ2n) is 4.19. The minimum atomic E-state index is -2.89. The number of alkyl halides is 2. The normalized spacial score (nSPS) is 16.1. The zero-order valence-corrected chi connectivity index (χ0v) is 9.05. The first-order valence-electron chi connectivity index (χ1n) is 4.97. The van der Waals surface area contributed by atoms with Crippen LogP contribution in [0.5, 0.6) is 0 Å². The third-order valence-electron chi connectivity index (χ3n) is 2.51. The van der Waals surface area contributed by atoms with Crippen molar-refractivity contribution in [1.29, 1.82) is 0 Å². The first-order chi connectivity index (χ1) is 6.91. The number of halogens is 2. The van der Waals surface area contributed by atoms with Gasteiger partial charge >= 0.3 is 0 Å². The average molecular weight is 216 g/mol. The summed E-state index contributed by atoms with van der Waals surface area (Å²) in [6, 6.07) is 0.0801. The minimum Gasteiger partial charge on any atom is -0.370 e. The number of rotatable bonds is 2. The lowest BCUT2D eigenvalue weighted by molar-refractivity contribution is 0.00895. The molecule has 0 saturated carbocycles. The second kappa shape index (κ2) is 3.27. The Balaban J connectivity index is 2.54. The van der Waals surface area contributed by atoms with Gasteiger partial charge in [-0.25, -0.2) is 0 Å². The van der Waals surface area contributed by atoms with Crippen LogP contribution in [0.4, 0.5) is 8.78 Å². The molecule has 15 heavy (non-hydrogen) atoms. The molecular formula is C10H14F2N2O. The van der Waals surface area contributed by atoms with Gasteiger partial charge in [0.25, 0.3) is 5.92 Å². The van der Waals surface area contributed by atoms with Crippen LogP contribution in [0.15, 0.2) is 0 Å². The highest BCUT2D eigenvalue weighted by Gasteiger charge is 2.36. The van der Waals surface area contributed by atoms with E-state index < -0.39 is 5.92 Å². The van der Waals surface area contributed by atoms with Crippen LogP contribution in [0, 0.1) is 0 Å². The molecule has 1 aliphatic rings. The van der Waals surface area contributed by atoms with E-state index in [9.17, 15) is 8.78 Å². The quantitative estimate of drug-likeness (QED) is 0.759. The summed E-state index contributed by atoms with van der Waals surface area (Å²) in [5, 5.41) is 3.99. The van der Waals surface area contributed by atoms with Crippen LogP contribution in [-0.4, -0.2) is 9.78 Å². The van der Waals surface area contributed by atoms with Crippen molar-refractivity contribution >= 4 is 0 Å². The van der Waals surface area contributed by atoms with Crippen molar-refractivity contribution in [3.05, 3.63) is 17.0 Å². The second-order valence-corrected chi connectivity index (χ2v) is 4.19. The molecule has 1 aliphatic heterocycles. The van der Waals surface area contributed by atoms with Gasteiger partial charge in [-0.3, -0.25) is 4.68 Å². The van der Waals surface area contributed by atoms with Gasteiger partial charge in [0.1, 0.15) is 5.69 Å². The number of fused-ring (bicyclic) bond motifs is 1. The van der Waals surface area contributed by atoms with E-state index in [-0.39, 0.29) is 18.3 Å². The van der Waals surface area contributed by atoms with Gasteiger partial charge in [-0.1, -0.05) is 0 Å². The summed E-state index contributed by atoms with van der Waals surface area (Å²) in [6.07, 6.45) is 0. The topological polar surface area (TPSA) is 27.1 Å². The largest absolute Gasteiger partial charge is 0.370 e. The van der Waals surface area contributed by atoms with Crippen molar-refractivity contribution in [2.45, 2.75) is 45.9 Å². The summed E-state index contributed by atoms with van der Waals surface area (Å²) < 4.78 is 33.3. The number of hydrogen-bond acceptors (Lipinski definition) is 2. The van der Waals surface area contributed by atoms with E-state index in [1.54, 1.807) is 4.68 Å². The van der Waals surface area contributed by atoms with Gasteiger partial charge in [0.05, 0.1) is 18.9 Å². The molecule has 0 bridgehead atoms. The van der Waals surface area contributed by atoms with Crippen molar-refractivity contribution < 1.29 is 13.5 Å². The smallest absolute Gasteiger partial charge is 0.289 e. The molecule has 0 spiro atoms. The molecule has 2 rings (SSSR count). The highest BCUT2D eigenvalue weighted by Crippen LogP contribution is 2.35. The zero-order valence-electron chi connectivity index (χ0n) is 9.05. The number of hydrogen-bond donors (Lipinski definition) is 0. The maximum absolute atomic E-state index is 13.3. The maximum Gasteiger partial charge on any atom is 0.289 e. The predicted molar refractivity (Wildman–Crippen MR) is 50.7 cm³/mol. The fourth-order valence-corrected chi connectivity index (χ4v) is 1.84. The minimum absolute atomic E-state index is 0.0801. The molecule has 5 heteroatoms. The number of nitrogens with zero attached hydrogens (tertiary/aromatic N) is 2. The van der Waals surface area contributed by atoms with Crippen molar-refractivity contribution in [2.24, 2.45) is 0 Å². The third kappa shape index (κ3) is 1.65. The monoisotopic (exact) mass is 216 g/mol. The van der Waals surface area contributed by atoms with Crippen LogP contribution in [0.3, 0.4) is 0 Å². The Morgan fingerprint density at radius 1 is 1.40 bits per heavy atom. The summed E-state index contributed by atoms with van der Waals surface area (Å²) in [4.78, 5) is 0. The lowest BCUT2D eigenvalue weighted by Crippen LogP contribution is -2.13. The van der Waals surface area contributed by atoms with E-state index in [1.165, 1.54) is 0 Å². The molecule has 0 atom stereocenters. The van der Waals surface area contributed by atoms with Gasteiger partial charge in [0.15, 0.2) is 0 Å². The molecule has 1 aromatic heterocycles.